The van der Waals surface area contributed by atoms with E-state index < -0.39 is 36.2 Å². The fourth-order valence-electron chi connectivity index (χ4n) is 2.87. The zero-order chi connectivity index (χ0) is 19.8. The third kappa shape index (κ3) is 4.39. The standard InChI is InChI=1S/C17H21F2N5O3.ClH/c1-2-5-24-13-12(15(26)23-16(24)27)10(6-11(22-13)9-3-4-9)14(25)21-8-17(18,19)7-20;/h6,9H,2-5,7-8,20H2,1H3,(H,21,25)(H,23,26,27);1H. The van der Waals surface area contributed by atoms with Gasteiger partial charge in [-0.05, 0) is 25.3 Å². The van der Waals surface area contributed by atoms with Gasteiger partial charge in [0.1, 0.15) is 0 Å². The van der Waals surface area contributed by atoms with E-state index in [1.165, 1.54) is 10.6 Å². The summed E-state index contributed by atoms with van der Waals surface area (Å²) < 4.78 is 28.1. The minimum atomic E-state index is -3.26. The highest BCUT2D eigenvalue weighted by atomic mass is 35.5. The lowest BCUT2D eigenvalue weighted by Gasteiger charge is -2.16. The maximum Gasteiger partial charge on any atom is 0.329 e. The van der Waals surface area contributed by atoms with Crippen LogP contribution in [0.5, 0.6) is 0 Å². The predicted octanol–water partition coefficient (Wildman–Crippen LogP) is 1.12. The van der Waals surface area contributed by atoms with E-state index in [9.17, 15) is 23.2 Å². The van der Waals surface area contributed by atoms with Crippen LogP contribution in [0.4, 0.5) is 8.78 Å². The first-order valence-corrected chi connectivity index (χ1v) is 8.81. The van der Waals surface area contributed by atoms with Gasteiger partial charge in [-0.1, -0.05) is 6.92 Å². The molecule has 1 aliphatic carbocycles. The van der Waals surface area contributed by atoms with Crippen molar-refractivity contribution < 1.29 is 13.6 Å². The average molecular weight is 418 g/mol. The number of hydrogen-bond donors (Lipinski definition) is 3. The van der Waals surface area contributed by atoms with E-state index in [1.54, 1.807) is 0 Å². The summed E-state index contributed by atoms with van der Waals surface area (Å²) in [5.74, 6) is -3.95. The van der Waals surface area contributed by atoms with Gasteiger partial charge < -0.3 is 11.1 Å². The normalized spacial score (nSPS) is 14.0. The Labute approximate surface area is 164 Å². The lowest BCUT2D eigenvalue weighted by molar-refractivity contribution is 0.0119. The second-order valence-corrected chi connectivity index (χ2v) is 6.72. The van der Waals surface area contributed by atoms with E-state index in [4.69, 9.17) is 5.73 Å². The molecule has 28 heavy (non-hydrogen) atoms. The molecule has 3 rings (SSSR count). The Morgan fingerprint density at radius 2 is 2.11 bits per heavy atom. The third-order valence-electron chi connectivity index (χ3n) is 4.46. The zero-order valence-electron chi connectivity index (χ0n) is 15.3. The number of aromatic amines is 1. The first-order chi connectivity index (χ1) is 12.8. The van der Waals surface area contributed by atoms with E-state index in [0.717, 1.165) is 12.8 Å². The van der Waals surface area contributed by atoms with Gasteiger partial charge in [0, 0.05) is 18.2 Å². The minimum Gasteiger partial charge on any atom is -0.346 e. The van der Waals surface area contributed by atoms with Crippen molar-refractivity contribution in [3.63, 3.8) is 0 Å². The molecule has 0 atom stereocenters. The van der Waals surface area contributed by atoms with E-state index in [2.05, 4.69) is 15.3 Å². The summed E-state index contributed by atoms with van der Waals surface area (Å²) >= 11 is 0. The molecule has 0 aliphatic heterocycles. The van der Waals surface area contributed by atoms with Crippen LogP contribution in [-0.2, 0) is 6.54 Å². The summed E-state index contributed by atoms with van der Waals surface area (Å²) in [6.07, 6.45) is 2.37. The quantitative estimate of drug-likeness (QED) is 0.623. The van der Waals surface area contributed by atoms with E-state index in [1.807, 2.05) is 6.92 Å². The van der Waals surface area contributed by atoms with E-state index in [0.29, 0.717) is 18.7 Å². The number of fused-ring (bicyclic) bond motifs is 1. The second-order valence-electron chi connectivity index (χ2n) is 6.72. The molecule has 1 amide bonds. The molecule has 1 fully saturated rings. The number of aromatic nitrogens is 3. The van der Waals surface area contributed by atoms with Crippen molar-refractivity contribution in [3.8, 4) is 0 Å². The number of hydrogen-bond acceptors (Lipinski definition) is 5. The molecule has 0 radical (unpaired) electrons. The summed E-state index contributed by atoms with van der Waals surface area (Å²) in [4.78, 5) is 43.7. The van der Waals surface area contributed by atoms with Gasteiger partial charge in [0.05, 0.1) is 24.0 Å². The number of carbonyl (C=O) groups excluding carboxylic acids is 1. The first kappa shape index (κ1) is 22.0. The summed E-state index contributed by atoms with van der Waals surface area (Å²) in [6.45, 7) is 0.307. The summed E-state index contributed by atoms with van der Waals surface area (Å²) in [7, 11) is 0. The van der Waals surface area contributed by atoms with Crippen LogP contribution in [0.2, 0.25) is 0 Å². The number of carbonyl (C=O) groups is 1. The number of rotatable bonds is 7. The monoisotopic (exact) mass is 417 g/mol. The van der Waals surface area contributed by atoms with Gasteiger partial charge in [-0.15, -0.1) is 12.4 Å². The highest BCUT2D eigenvalue weighted by molar-refractivity contribution is 6.05. The van der Waals surface area contributed by atoms with Crippen LogP contribution in [0.1, 0.15) is 48.2 Å². The lowest BCUT2D eigenvalue weighted by atomic mass is 10.1. The molecule has 2 heterocycles. The van der Waals surface area contributed by atoms with Gasteiger partial charge in [-0.3, -0.25) is 19.1 Å². The van der Waals surface area contributed by atoms with Crippen molar-refractivity contribution in [2.45, 2.75) is 44.6 Å². The van der Waals surface area contributed by atoms with Crippen molar-refractivity contribution in [3.05, 3.63) is 38.2 Å². The zero-order valence-corrected chi connectivity index (χ0v) is 16.1. The molecule has 4 N–H and O–H groups in total. The van der Waals surface area contributed by atoms with Crippen LogP contribution in [-0.4, -0.2) is 39.5 Å². The van der Waals surface area contributed by atoms with Gasteiger partial charge in [0.15, 0.2) is 5.65 Å². The number of alkyl halides is 2. The minimum absolute atomic E-state index is 0. The number of aryl methyl sites for hydroxylation is 1. The van der Waals surface area contributed by atoms with E-state index >= 15 is 0 Å². The second kappa shape index (κ2) is 8.36. The molecular formula is C17H22ClF2N5O3. The van der Waals surface area contributed by atoms with Crippen LogP contribution in [0.15, 0.2) is 15.7 Å². The number of H-pyrrole nitrogens is 1. The molecule has 2 aromatic heterocycles. The molecule has 0 bridgehead atoms. The van der Waals surface area contributed by atoms with Crippen molar-refractivity contribution >= 4 is 29.3 Å². The Hall–Kier alpha value is -2.33. The number of nitrogens with two attached hydrogens (primary N) is 1. The maximum absolute atomic E-state index is 13.4. The van der Waals surface area contributed by atoms with Gasteiger partial charge in [0.2, 0.25) is 0 Å². The van der Waals surface area contributed by atoms with Gasteiger partial charge >= 0.3 is 5.69 Å². The Morgan fingerprint density at radius 1 is 1.43 bits per heavy atom. The molecule has 8 nitrogen and oxygen atoms in total. The maximum atomic E-state index is 13.4. The van der Waals surface area contributed by atoms with Crippen molar-refractivity contribution in [1.82, 2.24) is 19.9 Å². The van der Waals surface area contributed by atoms with Crippen LogP contribution >= 0.6 is 12.4 Å². The Balaban J connectivity index is 0.00000280. The molecule has 0 unspecified atom stereocenters. The number of halogens is 3. The fourth-order valence-corrected chi connectivity index (χ4v) is 2.87. The van der Waals surface area contributed by atoms with Gasteiger partial charge in [0.25, 0.3) is 17.4 Å². The number of nitrogens with zero attached hydrogens (tertiary/aromatic N) is 2. The highest BCUT2D eigenvalue weighted by Gasteiger charge is 2.31. The summed E-state index contributed by atoms with van der Waals surface area (Å²) in [6, 6.07) is 1.45. The molecule has 0 aromatic carbocycles. The molecule has 0 spiro atoms. The molecule has 2 aromatic rings. The molecular weight excluding hydrogens is 396 g/mol. The molecule has 0 saturated heterocycles. The SMILES string of the molecule is CCCn1c(=O)[nH]c(=O)c2c(C(=O)NCC(F)(F)CN)cc(C3CC3)nc21.Cl. The van der Waals surface area contributed by atoms with Gasteiger partial charge in [-0.25, -0.2) is 18.6 Å². The van der Waals surface area contributed by atoms with E-state index in [-0.39, 0.29) is 34.9 Å². The topological polar surface area (TPSA) is 123 Å². The molecule has 1 saturated carbocycles. The van der Waals surface area contributed by atoms with Crippen LogP contribution in [0, 0.1) is 0 Å². The number of amides is 1. The van der Waals surface area contributed by atoms with Crippen LogP contribution in [0.3, 0.4) is 0 Å². The van der Waals surface area contributed by atoms with Crippen molar-refractivity contribution in [1.29, 1.82) is 0 Å². The number of pyridine rings is 1. The molecule has 154 valence electrons. The summed E-state index contributed by atoms with van der Waals surface area (Å²) in [5, 5.41) is 2.04. The predicted molar refractivity (Wildman–Crippen MR) is 102 cm³/mol. The smallest absolute Gasteiger partial charge is 0.329 e. The Bertz CT molecular complexity index is 1000. The largest absolute Gasteiger partial charge is 0.346 e. The van der Waals surface area contributed by atoms with Crippen LogP contribution < -0.4 is 22.3 Å². The van der Waals surface area contributed by atoms with Crippen molar-refractivity contribution in [2.75, 3.05) is 13.1 Å². The average Bonchev–Trinajstić information content (AvgIpc) is 3.47. The van der Waals surface area contributed by atoms with Gasteiger partial charge in [-0.2, -0.15) is 0 Å². The molecule has 11 heteroatoms. The summed E-state index contributed by atoms with van der Waals surface area (Å²) in [5.41, 5.74) is 4.21. The van der Waals surface area contributed by atoms with Crippen LogP contribution in [0.25, 0.3) is 11.0 Å². The third-order valence-corrected chi connectivity index (χ3v) is 4.46. The van der Waals surface area contributed by atoms with Crippen molar-refractivity contribution in [2.24, 2.45) is 5.73 Å². The highest BCUT2D eigenvalue weighted by Crippen LogP contribution is 2.39. The molecule has 1 aliphatic rings. The first-order valence-electron chi connectivity index (χ1n) is 8.81. The Kier molecular flexibility index (Phi) is 6.56. The Morgan fingerprint density at radius 3 is 2.68 bits per heavy atom. The number of nitrogens with one attached hydrogen (secondary N) is 2. The fraction of sp³-hybridized carbons (Fsp3) is 0.529. The lowest BCUT2D eigenvalue weighted by Crippen LogP contribution is -2.42.